The van der Waals surface area contributed by atoms with Crippen LogP contribution in [0.4, 0.5) is 0 Å². The summed E-state index contributed by atoms with van der Waals surface area (Å²) >= 11 is 0. The summed E-state index contributed by atoms with van der Waals surface area (Å²) in [6.07, 6.45) is 2.03. The number of aromatic nitrogens is 2. The van der Waals surface area contributed by atoms with Crippen molar-refractivity contribution in [3.05, 3.63) is 11.9 Å². The molecule has 1 fully saturated rings. The first-order valence-electron chi connectivity index (χ1n) is 4.69. The van der Waals surface area contributed by atoms with E-state index in [9.17, 15) is 8.42 Å². The van der Waals surface area contributed by atoms with E-state index < -0.39 is 10.0 Å². The molecule has 1 aromatic rings. The van der Waals surface area contributed by atoms with Gasteiger partial charge in [-0.25, -0.2) is 13.1 Å². The average molecular weight is 231 g/mol. The largest absolute Gasteiger partial charge is 0.380 e. The van der Waals surface area contributed by atoms with Gasteiger partial charge in [0.25, 0.3) is 0 Å². The van der Waals surface area contributed by atoms with Crippen molar-refractivity contribution in [2.24, 2.45) is 0 Å². The molecule has 0 aromatic carbocycles. The first kappa shape index (κ1) is 10.6. The van der Waals surface area contributed by atoms with Gasteiger partial charge in [-0.2, -0.15) is 5.10 Å². The summed E-state index contributed by atoms with van der Waals surface area (Å²) in [6, 6.07) is -0.121. The lowest BCUT2D eigenvalue weighted by atomic mass is 10.3. The molecule has 1 unspecified atom stereocenters. The number of hydrogen-bond acceptors (Lipinski definition) is 4. The van der Waals surface area contributed by atoms with Gasteiger partial charge in [0.15, 0.2) is 0 Å². The zero-order chi connectivity index (χ0) is 10.9. The molecule has 0 aliphatic carbocycles. The molecule has 0 bridgehead atoms. The number of hydrogen-bond donors (Lipinski definition) is 2. The van der Waals surface area contributed by atoms with E-state index in [-0.39, 0.29) is 10.9 Å². The fraction of sp³-hybridized carbons (Fsp3) is 0.625. The molecule has 1 aliphatic rings. The van der Waals surface area contributed by atoms with E-state index in [1.54, 1.807) is 6.92 Å². The van der Waals surface area contributed by atoms with Crippen LogP contribution < -0.4 is 4.72 Å². The molecular weight excluding hydrogens is 218 g/mol. The number of H-pyrrole nitrogens is 1. The Balaban J connectivity index is 2.16. The fourth-order valence-corrected chi connectivity index (χ4v) is 2.91. The molecule has 2 N–H and O–H groups in total. The van der Waals surface area contributed by atoms with Crippen molar-refractivity contribution in [1.82, 2.24) is 14.9 Å². The summed E-state index contributed by atoms with van der Waals surface area (Å²) in [5.41, 5.74) is 0.543. The number of rotatable bonds is 3. The highest BCUT2D eigenvalue weighted by molar-refractivity contribution is 7.89. The van der Waals surface area contributed by atoms with E-state index in [1.165, 1.54) is 6.20 Å². The van der Waals surface area contributed by atoms with Crippen molar-refractivity contribution < 1.29 is 13.2 Å². The summed E-state index contributed by atoms with van der Waals surface area (Å²) in [5.74, 6) is 0. The monoisotopic (exact) mass is 231 g/mol. The highest BCUT2D eigenvalue weighted by atomic mass is 32.2. The van der Waals surface area contributed by atoms with Crippen LogP contribution >= 0.6 is 0 Å². The van der Waals surface area contributed by atoms with Crippen LogP contribution in [-0.2, 0) is 14.8 Å². The summed E-state index contributed by atoms with van der Waals surface area (Å²) < 4.78 is 31.4. The van der Waals surface area contributed by atoms with Gasteiger partial charge >= 0.3 is 0 Å². The minimum absolute atomic E-state index is 0.121. The lowest BCUT2D eigenvalue weighted by Gasteiger charge is -2.10. The van der Waals surface area contributed by atoms with Crippen molar-refractivity contribution in [2.45, 2.75) is 24.3 Å². The summed E-state index contributed by atoms with van der Waals surface area (Å²) in [4.78, 5) is 0.203. The Morgan fingerprint density at radius 3 is 3.00 bits per heavy atom. The molecule has 1 atom stereocenters. The van der Waals surface area contributed by atoms with E-state index in [0.717, 1.165) is 6.42 Å². The molecule has 2 heterocycles. The van der Waals surface area contributed by atoms with Crippen molar-refractivity contribution in [2.75, 3.05) is 13.2 Å². The first-order valence-corrected chi connectivity index (χ1v) is 6.18. The molecule has 15 heavy (non-hydrogen) atoms. The van der Waals surface area contributed by atoms with Gasteiger partial charge in [0.1, 0.15) is 4.90 Å². The van der Waals surface area contributed by atoms with Crippen LogP contribution in [-0.4, -0.2) is 37.9 Å². The summed E-state index contributed by atoms with van der Waals surface area (Å²) in [5, 5.41) is 6.29. The van der Waals surface area contributed by atoms with Crippen molar-refractivity contribution in [3.63, 3.8) is 0 Å². The van der Waals surface area contributed by atoms with Crippen LogP contribution in [0.25, 0.3) is 0 Å². The third-order valence-corrected chi connectivity index (χ3v) is 3.96. The Labute approximate surface area is 88.1 Å². The second-order valence-corrected chi connectivity index (χ2v) is 5.22. The number of aromatic amines is 1. The van der Waals surface area contributed by atoms with Gasteiger partial charge in [-0.05, 0) is 13.3 Å². The molecule has 1 aliphatic heterocycles. The van der Waals surface area contributed by atoms with E-state index in [2.05, 4.69) is 14.9 Å². The van der Waals surface area contributed by atoms with Crippen LogP contribution in [0.1, 0.15) is 12.1 Å². The lowest BCUT2D eigenvalue weighted by Crippen LogP contribution is -2.35. The second kappa shape index (κ2) is 3.92. The van der Waals surface area contributed by atoms with E-state index in [4.69, 9.17) is 4.74 Å². The normalized spacial score (nSPS) is 22.1. The Bertz CT molecular complexity index is 434. The zero-order valence-corrected chi connectivity index (χ0v) is 9.17. The van der Waals surface area contributed by atoms with Crippen molar-refractivity contribution >= 4 is 10.0 Å². The van der Waals surface area contributed by atoms with Gasteiger partial charge in [0.2, 0.25) is 10.0 Å². The van der Waals surface area contributed by atoms with Crippen molar-refractivity contribution in [3.8, 4) is 0 Å². The third-order valence-electron chi connectivity index (χ3n) is 2.32. The van der Waals surface area contributed by atoms with Gasteiger partial charge in [-0.15, -0.1) is 0 Å². The Kier molecular flexibility index (Phi) is 2.76. The van der Waals surface area contributed by atoms with Gasteiger partial charge in [-0.1, -0.05) is 0 Å². The van der Waals surface area contributed by atoms with Gasteiger partial charge in [0, 0.05) is 12.6 Å². The van der Waals surface area contributed by atoms with Crippen molar-refractivity contribution in [1.29, 1.82) is 0 Å². The molecule has 0 saturated carbocycles. The number of nitrogens with zero attached hydrogens (tertiary/aromatic N) is 1. The maximum atomic E-state index is 11.8. The highest BCUT2D eigenvalue weighted by Gasteiger charge is 2.25. The standard InChI is InChI=1S/C8H13N3O3S/c1-6-8(4-9-10-6)15(12,13)11-7-2-3-14-5-7/h4,7,11H,2-3,5H2,1H3,(H,9,10). The SMILES string of the molecule is Cc1[nH]ncc1S(=O)(=O)NC1CCOC1. The van der Waals surface area contributed by atoms with Crippen LogP contribution in [0.3, 0.4) is 0 Å². The summed E-state index contributed by atoms with van der Waals surface area (Å²) in [6.45, 7) is 2.72. The first-order chi connectivity index (χ1) is 7.09. The Hall–Kier alpha value is -0.920. The van der Waals surface area contributed by atoms with Gasteiger partial charge < -0.3 is 4.74 Å². The maximum Gasteiger partial charge on any atom is 0.244 e. The van der Waals surface area contributed by atoms with E-state index >= 15 is 0 Å². The molecule has 2 rings (SSSR count). The number of ether oxygens (including phenoxy) is 1. The highest BCUT2D eigenvalue weighted by Crippen LogP contribution is 2.13. The molecule has 0 amide bonds. The molecule has 0 spiro atoms. The van der Waals surface area contributed by atoms with Gasteiger partial charge in [0.05, 0.1) is 18.5 Å². The van der Waals surface area contributed by atoms with E-state index in [1.807, 2.05) is 0 Å². The third kappa shape index (κ3) is 2.19. The van der Waals surface area contributed by atoms with Gasteiger partial charge in [-0.3, -0.25) is 5.10 Å². The maximum absolute atomic E-state index is 11.8. The number of nitrogens with one attached hydrogen (secondary N) is 2. The predicted octanol–water partition coefficient (Wildman–Crippen LogP) is -0.215. The average Bonchev–Trinajstić information content (AvgIpc) is 2.75. The smallest absolute Gasteiger partial charge is 0.244 e. The molecule has 84 valence electrons. The topological polar surface area (TPSA) is 84.1 Å². The molecule has 6 nitrogen and oxygen atoms in total. The van der Waals surface area contributed by atoms with Crippen LogP contribution in [0.5, 0.6) is 0 Å². The number of sulfonamides is 1. The van der Waals surface area contributed by atoms with Crippen LogP contribution in [0.15, 0.2) is 11.1 Å². The van der Waals surface area contributed by atoms with Crippen LogP contribution in [0, 0.1) is 6.92 Å². The van der Waals surface area contributed by atoms with Crippen LogP contribution in [0.2, 0.25) is 0 Å². The Morgan fingerprint density at radius 1 is 1.67 bits per heavy atom. The minimum atomic E-state index is -3.45. The molecule has 7 heteroatoms. The lowest BCUT2D eigenvalue weighted by molar-refractivity contribution is 0.192. The zero-order valence-electron chi connectivity index (χ0n) is 8.36. The van der Waals surface area contributed by atoms with E-state index in [0.29, 0.717) is 18.9 Å². The molecular formula is C8H13N3O3S. The quantitative estimate of drug-likeness (QED) is 0.753. The molecule has 1 saturated heterocycles. The minimum Gasteiger partial charge on any atom is -0.380 e. The number of aryl methyl sites for hydroxylation is 1. The fourth-order valence-electron chi connectivity index (χ4n) is 1.52. The molecule has 1 aromatic heterocycles. The second-order valence-electron chi connectivity index (χ2n) is 3.54. The summed E-state index contributed by atoms with van der Waals surface area (Å²) in [7, 11) is -3.45. The Morgan fingerprint density at radius 2 is 2.47 bits per heavy atom. The molecule has 0 radical (unpaired) electrons. The predicted molar refractivity (Wildman–Crippen MR) is 52.9 cm³/mol.